The van der Waals surface area contributed by atoms with Gasteiger partial charge in [0, 0.05) is 30.2 Å². The van der Waals surface area contributed by atoms with E-state index >= 15 is 4.39 Å². The van der Waals surface area contributed by atoms with E-state index in [0.29, 0.717) is 43.1 Å². The normalized spacial score (nSPS) is 16.3. The van der Waals surface area contributed by atoms with Crippen molar-refractivity contribution in [3.8, 4) is 29.0 Å². The van der Waals surface area contributed by atoms with Crippen LogP contribution >= 0.6 is 0 Å². The van der Waals surface area contributed by atoms with E-state index in [4.69, 9.17) is 24.2 Å². The van der Waals surface area contributed by atoms with Crippen LogP contribution in [-0.2, 0) is 30.7 Å². The number of hydrogen-bond acceptors (Lipinski definition) is 6. The van der Waals surface area contributed by atoms with Crippen molar-refractivity contribution in [2.75, 3.05) is 13.2 Å². The summed E-state index contributed by atoms with van der Waals surface area (Å²) in [4.78, 5) is 9.55. The SMILES string of the molecule is Cc1cc(F)c2nc(Cc3ccc4cc3OCCCc3cc(C#N)ccc3COc3cccc-4n3)n(CC3CCO3)c2c1. The number of pyridine rings is 1. The Kier molecular flexibility index (Phi) is 7.25. The second-order valence-electron chi connectivity index (χ2n) is 11.2. The van der Waals surface area contributed by atoms with Gasteiger partial charge in [-0.2, -0.15) is 5.26 Å². The third-order valence-corrected chi connectivity index (χ3v) is 8.20. The van der Waals surface area contributed by atoms with Gasteiger partial charge in [-0.1, -0.05) is 24.3 Å². The van der Waals surface area contributed by atoms with E-state index in [1.807, 2.05) is 67.6 Å². The molecule has 4 bridgehead atoms. The molecule has 0 radical (unpaired) electrons. The Hall–Kier alpha value is -4.74. The van der Waals surface area contributed by atoms with Gasteiger partial charge in [0.25, 0.3) is 0 Å². The Morgan fingerprint density at radius 3 is 2.74 bits per heavy atom. The molecule has 1 unspecified atom stereocenters. The molecule has 7 nitrogen and oxygen atoms in total. The maximum absolute atomic E-state index is 15.0. The molecule has 1 fully saturated rings. The summed E-state index contributed by atoms with van der Waals surface area (Å²) in [7, 11) is 0. The zero-order valence-corrected chi connectivity index (χ0v) is 24.0. The highest BCUT2D eigenvalue weighted by Crippen LogP contribution is 2.32. The van der Waals surface area contributed by atoms with Crippen LogP contribution in [0.2, 0.25) is 0 Å². The molecule has 43 heavy (non-hydrogen) atoms. The lowest BCUT2D eigenvalue weighted by atomic mass is 10.0. The Labute approximate surface area is 249 Å². The summed E-state index contributed by atoms with van der Waals surface area (Å²) in [6, 6.07) is 23.3. The number of rotatable bonds is 4. The zero-order valence-electron chi connectivity index (χ0n) is 24.0. The van der Waals surface area contributed by atoms with Gasteiger partial charge < -0.3 is 18.8 Å². The average Bonchev–Trinajstić information content (AvgIpc) is 3.33. The monoisotopic (exact) mass is 574 g/mol. The molecule has 0 spiro atoms. The van der Waals surface area contributed by atoms with Gasteiger partial charge in [-0.25, -0.2) is 14.4 Å². The molecule has 2 aliphatic rings. The Morgan fingerprint density at radius 1 is 1.00 bits per heavy atom. The highest BCUT2D eigenvalue weighted by molar-refractivity contribution is 5.78. The fourth-order valence-corrected chi connectivity index (χ4v) is 5.82. The molecule has 1 saturated heterocycles. The van der Waals surface area contributed by atoms with Crippen molar-refractivity contribution < 1.29 is 18.6 Å². The van der Waals surface area contributed by atoms with E-state index < -0.39 is 0 Å². The van der Waals surface area contributed by atoms with Crippen molar-refractivity contribution in [3.05, 3.63) is 106 Å². The van der Waals surface area contributed by atoms with E-state index in [0.717, 1.165) is 76.5 Å². The molecule has 0 saturated carbocycles. The summed E-state index contributed by atoms with van der Waals surface area (Å²) < 4.78 is 35.4. The van der Waals surface area contributed by atoms with Crippen LogP contribution in [0.5, 0.6) is 11.6 Å². The van der Waals surface area contributed by atoms with Crippen LogP contribution in [-0.4, -0.2) is 33.9 Å². The predicted molar refractivity (Wildman–Crippen MR) is 161 cm³/mol. The number of aryl methyl sites for hydroxylation is 2. The highest BCUT2D eigenvalue weighted by Gasteiger charge is 2.24. The Morgan fingerprint density at radius 2 is 1.91 bits per heavy atom. The van der Waals surface area contributed by atoms with Gasteiger partial charge >= 0.3 is 0 Å². The van der Waals surface area contributed by atoms with Crippen LogP contribution in [0, 0.1) is 24.1 Å². The summed E-state index contributed by atoms with van der Waals surface area (Å²) in [5.74, 6) is 1.73. The molecule has 4 heterocycles. The standard InChI is InChI=1S/C35H31FN4O3/c1-22-14-29(36)35-31(15-22)40(20-28-11-13-41-28)33(39-35)18-26-10-9-25-17-32(26)42-12-3-4-24-16-23(19-37)7-8-27(24)21-43-34-6-2-5-30(25)38-34/h2,5-10,14-17,28H,3-4,11-13,18,20-21H2,1H3. The smallest absolute Gasteiger partial charge is 0.214 e. The third-order valence-electron chi connectivity index (χ3n) is 8.20. The van der Waals surface area contributed by atoms with Crippen LogP contribution < -0.4 is 9.47 Å². The van der Waals surface area contributed by atoms with Gasteiger partial charge in [-0.05, 0) is 79.3 Å². The average molecular weight is 575 g/mol. The molecule has 3 aromatic carbocycles. The molecule has 216 valence electrons. The first-order valence-electron chi connectivity index (χ1n) is 14.7. The minimum Gasteiger partial charge on any atom is -0.493 e. The van der Waals surface area contributed by atoms with Crippen molar-refractivity contribution in [1.29, 1.82) is 5.26 Å². The maximum Gasteiger partial charge on any atom is 0.214 e. The number of halogens is 1. The van der Waals surface area contributed by atoms with E-state index in [1.165, 1.54) is 6.07 Å². The van der Waals surface area contributed by atoms with Gasteiger partial charge in [0.2, 0.25) is 5.88 Å². The number of fused-ring (bicyclic) bond motifs is 7. The van der Waals surface area contributed by atoms with Crippen LogP contribution in [0.1, 0.15) is 46.5 Å². The Balaban J connectivity index is 1.26. The molecule has 2 aromatic heterocycles. The first-order chi connectivity index (χ1) is 21.0. The van der Waals surface area contributed by atoms with Gasteiger partial charge in [0.05, 0.1) is 42.1 Å². The molecular weight excluding hydrogens is 543 g/mol. The zero-order chi connectivity index (χ0) is 29.3. The van der Waals surface area contributed by atoms with Gasteiger partial charge in [-0.15, -0.1) is 0 Å². The van der Waals surface area contributed by atoms with E-state index in [9.17, 15) is 5.26 Å². The van der Waals surface area contributed by atoms with Crippen molar-refractivity contribution >= 4 is 11.0 Å². The number of nitrogens with zero attached hydrogens (tertiary/aromatic N) is 4. The third kappa shape index (κ3) is 5.56. The predicted octanol–water partition coefficient (Wildman–Crippen LogP) is 6.70. The first kappa shape index (κ1) is 27.1. The minimum absolute atomic E-state index is 0.0985. The van der Waals surface area contributed by atoms with Crippen molar-refractivity contribution in [3.63, 3.8) is 0 Å². The number of imidazole rings is 1. The number of aromatic nitrogens is 3. The van der Waals surface area contributed by atoms with Crippen LogP contribution in [0.15, 0.2) is 66.7 Å². The molecule has 0 aliphatic carbocycles. The van der Waals surface area contributed by atoms with Crippen LogP contribution in [0.25, 0.3) is 22.3 Å². The Bertz CT molecular complexity index is 1870. The number of benzene rings is 3. The fraction of sp³-hybridized carbons (Fsp3) is 0.286. The molecule has 0 N–H and O–H groups in total. The van der Waals surface area contributed by atoms with Gasteiger partial charge in [0.1, 0.15) is 23.7 Å². The first-order valence-corrected chi connectivity index (χ1v) is 14.7. The van der Waals surface area contributed by atoms with Crippen molar-refractivity contribution in [2.45, 2.75) is 51.9 Å². The van der Waals surface area contributed by atoms with Gasteiger partial charge in [0.15, 0.2) is 5.82 Å². The summed E-state index contributed by atoms with van der Waals surface area (Å²) in [6.07, 6.45) is 3.05. The van der Waals surface area contributed by atoms with Crippen LogP contribution in [0.3, 0.4) is 0 Å². The minimum atomic E-state index is -0.314. The lowest BCUT2D eigenvalue weighted by Crippen LogP contribution is -2.31. The molecule has 7 rings (SSSR count). The lowest BCUT2D eigenvalue weighted by molar-refractivity contribution is -0.0589. The largest absolute Gasteiger partial charge is 0.493 e. The van der Waals surface area contributed by atoms with E-state index in [1.54, 1.807) is 0 Å². The summed E-state index contributed by atoms with van der Waals surface area (Å²) >= 11 is 0. The number of hydrogen-bond donors (Lipinski definition) is 0. The molecule has 8 heteroatoms. The number of ether oxygens (including phenoxy) is 3. The van der Waals surface area contributed by atoms with Crippen LogP contribution in [0.4, 0.5) is 4.39 Å². The lowest BCUT2D eigenvalue weighted by Gasteiger charge is -2.27. The molecule has 0 amide bonds. The number of nitriles is 1. The maximum atomic E-state index is 15.0. The summed E-state index contributed by atoms with van der Waals surface area (Å²) in [6.45, 7) is 4.14. The quantitative estimate of drug-likeness (QED) is 0.238. The topological polar surface area (TPSA) is 82.2 Å². The van der Waals surface area contributed by atoms with E-state index in [2.05, 4.69) is 10.6 Å². The molecule has 2 aliphatic heterocycles. The second kappa shape index (κ2) is 11.5. The highest BCUT2D eigenvalue weighted by atomic mass is 19.1. The van der Waals surface area contributed by atoms with E-state index in [-0.39, 0.29) is 11.9 Å². The fourth-order valence-electron chi connectivity index (χ4n) is 5.82. The van der Waals surface area contributed by atoms with Gasteiger partial charge in [-0.3, -0.25) is 0 Å². The summed E-state index contributed by atoms with van der Waals surface area (Å²) in [5.41, 5.74) is 7.38. The molecular formula is C35H31FN4O3. The second-order valence-corrected chi connectivity index (χ2v) is 11.2. The molecule has 5 aromatic rings. The summed E-state index contributed by atoms with van der Waals surface area (Å²) in [5, 5.41) is 9.45. The van der Waals surface area contributed by atoms with Crippen molar-refractivity contribution in [2.24, 2.45) is 0 Å². The van der Waals surface area contributed by atoms with Crippen molar-refractivity contribution in [1.82, 2.24) is 14.5 Å². The molecule has 1 atom stereocenters.